The molecule has 0 aliphatic heterocycles. The lowest BCUT2D eigenvalue weighted by atomic mass is 10.0. The van der Waals surface area contributed by atoms with Crippen molar-refractivity contribution in [1.82, 2.24) is 5.32 Å². The molecule has 3 rings (SSSR count). The second-order valence-electron chi connectivity index (χ2n) is 6.37. The predicted molar refractivity (Wildman–Crippen MR) is 106 cm³/mol. The van der Waals surface area contributed by atoms with E-state index in [0.717, 1.165) is 28.5 Å². The van der Waals surface area contributed by atoms with E-state index < -0.39 is 6.10 Å². The van der Waals surface area contributed by atoms with Gasteiger partial charge in [0.05, 0.1) is 6.04 Å². The van der Waals surface area contributed by atoms with Gasteiger partial charge < -0.3 is 10.1 Å². The molecule has 26 heavy (non-hydrogen) atoms. The second-order valence-corrected chi connectivity index (χ2v) is 6.37. The summed E-state index contributed by atoms with van der Waals surface area (Å²) in [5, 5.41) is 5.27. The minimum absolute atomic E-state index is 0.00568. The number of amides is 1. The molecule has 134 valence electrons. The number of carbonyl (C=O) groups is 1. The van der Waals surface area contributed by atoms with E-state index in [1.807, 2.05) is 79.7 Å². The minimum atomic E-state index is -0.515. The van der Waals surface area contributed by atoms with Gasteiger partial charge in [0.15, 0.2) is 6.10 Å². The smallest absolute Gasteiger partial charge is 0.261 e. The van der Waals surface area contributed by atoms with Crippen LogP contribution >= 0.6 is 0 Å². The lowest BCUT2D eigenvalue weighted by Gasteiger charge is -2.23. The van der Waals surface area contributed by atoms with Crippen LogP contribution in [0.1, 0.15) is 38.3 Å². The van der Waals surface area contributed by atoms with Crippen LogP contribution in [0.4, 0.5) is 0 Å². The molecule has 3 heteroatoms. The summed E-state index contributed by atoms with van der Waals surface area (Å²) in [7, 11) is 0. The molecule has 0 saturated heterocycles. The standard InChI is InChI=1S/C23H25NO2/c1-3-20(18-12-6-5-7-13-18)24-23(25)21(4-2)26-22-16-10-14-17-11-8-9-15-19(17)22/h5-16,20-21H,3-4H2,1-2H3,(H,24,25)/t20-,21+/m1/s1. The van der Waals surface area contributed by atoms with E-state index in [4.69, 9.17) is 4.74 Å². The molecule has 1 amide bonds. The highest BCUT2D eigenvalue weighted by Gasteiger charge is 2.22. The first-order chi connectivity index (χ1) is 12.7. The number of hydrogen-bond donors (Lipinski definition) is 1. The van der Waals surface area contributed by atoms with Crippen LogP contribution in [0.2, 0.25) is 0 Å². The molecular formula is C23H25NO2. The van der Waals surface area contributed by atoms with Crippen molar-refractivity contribution in [3.63, 3.8) is 0 Å². The molecule has 0 aliphatic rings. The SMILES string of the molecule is CC[C@H](Oc1cccc2ccccc12)C(=O)N[C@H](CC)c1ccccc1. The number of fused-ring (bicyclic) bond motifs is 1. The largest absolute Gasteiger partial charge is 0.480 e. The molecule has 3 nitrogen and oxygen atoms in total. The van der Waals surface area contributed by atoms with Crippen LogP contribution in [0.3, 0.4) is 0 Å². The van der Waals surface area contributed by atoms with Crippen molar-refractivity contribution in [3.8, 4) is 5.75 Å². The molecule has 0 spiro atoms. The Bertz CT molecular complexity index is 855. The molecule has 0 heterocycles. The molecule has 1 N–H and O–H groups in total. The first kappa shape index (κ1) is 18.0. The molecular weight excluding hydrogens is 322 g/mol. The van der Waals surface area contributed by atoms with Crippen LogP contribution < -0.4 is 10.1 Å². The van der Waals surface area contributed by atoms with Crippen LogP contribution in [-0.4, -0.2) is 12.0 Å². The maximum Gasteiger partial charge on any atom is 0.261 e. The fourth-order valence-electron chi connectivity index (χ4n) is 3.15. The summed E-state index contributed by atoms with van der Waals surface area (Å²) in [6.07, 6.45) is 0.930. The first-order valence-corrected chi connectivity index (χ1v) is 9.22. The summed E-state index contributed by atoms with van der Waals surface area (Å²) in [4.78, 5) is 12.8. The molecule has 3 aromatic carbocycles. The van der Waals surface area contributed by atoms with Gasteiger partial charge in [0.2, 0.25) is 0 Å². The molecule has 0 saturated carbocycles. The normalized spacial score (nSPS) is 13.2. The Morgan fingerprint density at radius 2 is 1.58 bits per heavy atom. The number of hydrogen-bond acceptors (Lipinski definition) is 2. The van der Waals surface area contributed by atoms with Crippen LogP contribution in [-0.2, 0) is 4.79 Å². The van der Waals surface area contributed by atoms with Crippen LogP contribution in [0.25, 0.3) is 10.8 Å². The Kier molecular flexibility index (Phi) is 5.90. The monoisotopic (exact) mass is 347 g/mol. The predicted octanol–water partition coefficient (Wildman–Crippen LogP) is 5.26. The topological polar surface area (TPSA) is 38.3 Å². The zero-order valence-electron chi connectivity index (χ0n) is 15.3. The van der Waals surface area contributed by atoms with E-state index in [1.54, 1.807) is 0 Å². The van der Waals surface area contributed by atoms with Crippen molar-refractivity contribution in [2.45, 2.75) is 38.8 Å². The Balaban J connectivity index is 1.76. The van der Waals surface area contributed by atoms with Gasteiger partial charge in [0.1, 0.15) is 5.75 Å². The average Bonchev–Trinajstić information content (AvgIpc) is 2.70. The third-order valence-corrected chi connectivity index (χ3v) is 4.61. The quantitative estimate of drug-likeness (QED) is 0.633. The number of rotatable bonds is 7. The van der Waals surface area contributed by atoms with Crippen molar-refractivity contribution in [1.29, 1.82) is 0 Å². The van der Waals surface area contributed by atoms with Crippen molar-refractivity contribution in [2.75, 3.05) is 0 Å². The van der Waals surface area contributed by atoms with Gasteiger partial charge in [-0.1, -0.05) is 80.6 Å². The molecule has 0 aromatic heterocycles. The zero-order chi connectivity index (χ0) is 18.4. The third kappa shape index (κ3) is 4.05. The van der Waals surface area contributed by atoms with E-state index in [1.165, 1.54) is 0 Å². The zero-order valence-corrected chi connectivity index (χ0v) is 15.3. The Morgan fingerprint density at radius 3 is 2.31 bits per heavy atom. The average molecular weight is 347 g/mol. The van der Waals surface area contributed by atoms with Crippen molar-refractivity contribution in [3.05, 3.63) is 78.4 Å². The summed E-state index contributed by atoms with van der Waals surface area (Å²) in [6.45, 7) is 4.04. The van der Waals surface area contributed by atoms with Gasteiger partial charge in [-0.3, -0.25) is 4.79 Å². The van der Waals surface area contributed by atoms with E-state index in [-0.39, 0.29) is 11.9 Å². The second kappa shape index (κ2) is 8.52. The number of carbonyl (C=O) groups excluding carboxylic acids is 1. The van der Waals surface area contributed by atoms with Gasteiger partial charge in [-0.15, -0.1) is 0 Å². The van der Waals surface area contributed by atoms with Crippen LogP contribution in [0.15, 0.2) is 72.8 Å². The fraction of sp³-hybridized carbons (Fsp3) is 0.261. The summed E-state index contributed by atoms with van der Waals surface area (Å²) in [5.41, 5.74) is 1.11. The van der Waals surface area contributed by atoms with Crippen molar-refractivity contribution >= 4 is 16.7 Å². The summed E-state index contributed by atoms with van der Waals surface area (Å²) in [6, 6.07) is 24.0. The van der Waals surface area contributed by atoms with E-state index >= 15 is 0 Å². The van der Waals surface area contributed by atoms with Gasteiger partial charge in [-0.2, -0.15) is 0 Å². The maximum atomic E-state index is 12.8. The molecule has 2 atom stereocenters. The first-order valence-electron chi connectivity index (χ1n) is 9.22. The third-order valence-electron chi connectivity index (χ3n) is 4.61. The van der Waals surface area contributed by atoms with Crippen molar-refractivity contribution in [2.24, 2.45) is 0 Å². The van der Waals surface area contributed by atoms with Crippen molar-refractivity contribution < 1.29 is 9.53 Å². The highest BCUT2D eigenvalue weighted by atomic mass is 16.5. The highest BCUT2D eigenvalue weighted by molar-refractivity contribution is 5.89. The Morgan fingerprint density at radius 1 is 0.885 bits per heavy atom. The number of nitrogens with one attached hydrogen (secondary N) is 1. The van der Waals surface area contributed by atoms with Gasteiger partial charge >= 0.3 is 0 Å². The molecule has 0 radical (unpaired) electrons. The minimum Gasteiger partial charge on any atom is -0.480 e. The number of ether oxygens (including phenoxy) is 1. The molecule has 3 aromatic rings. The van der Waals surface area contributed by atoms with E-state index in [2.05, 4.69) is 12.2 Å². The highest BCUT2D eigenvalue weighted by Crippen LogP contribution is 2.27. The van der Waals surface area contributed by atoms with E-state index in [0.29, 0.717) is 6.42 Å². The van der Waals surface area contributed by atoms with Gasteiger partial charge in [0.25, 0.3) is 5.91 Å². The summed E-state index contributed by atoms with van der Waals surface area (Å²) in [5.74, 6) is 0.675. The number of benzene rings is 3. The van der Waals surface area contributed by atoms with Gasteiger partial charge in [-0.25, -0.2) is 0 Å². The molecule has 0 aliphatic carbocycles. The van der Waals surface area contributed by atoms with E-state index in [9.17, 15) is 4.79 Å². The fourth-order valence-corrected chi connectivity index (χ4v) is 3.15. The van der Waals surface area contributed by atoms with Gasteiger partial charge in [0, 0.05) is 5.39 Å². The van der Waals surface area contributed by atoms with Gasteiger partial charge in [-0.05, 0) is 29.9 Å². The molecule has 0 fully saturated rings. The Hall–Kier alpha value is -2.81. The maximum absolute atomic E-state index is 12.8. The summed E-state index contributed by atoms with van der Waals surface area (Å²) < 4.78 is 6.11. The Labute approximate surface area is 155 Å². The lowest BCUT2D eigenvalue weighted by molar-refractivity contribution is -0.128. The molecule has 0 bridgehead atoms. The van der Waals surface area contributed by atoms with Crippen LogP contribution in [0.5, 0.6) is 5.75 Å². The lowest BCUT2D eigenvalue weighted by Crippen LogP contribution is -2.39. The summed E-state index contributed by atoms with van der Waals surface area (Å²) >= 11 is 0. The molecule has 0 unspecified atom stereocenters. The van der Waals surface area contributed by atoms with Crippen LogP contribution in [0, 0.1) is 0 Å².